The lowest BCUT2D eigenvalue weighted by Gasteiger charge is -2.37. The fourth-order valence-corrected chi connectivity index (χ4v) is 3.37. The molecule has 5 nitrogen and oxygen atoms in total. The number of rotatable bonds is 3. The predicted molar refractivity (Wildman–Crippen MR) is 94.6 cm³/mol. The van der Waals surface area contributed by atoms with Crippen LogP contribution < -0.4 is 5.32 Å². The second kappa shape index (κ2) is 8.13. The molecule has 6 heteroatoms. The van der Waals surface area contributed by atoms with E-state index in [1.807, 2.05) is 7.05 Å². The first-order chi connectivity index (χ1) is 11.3. The summed E-state index contributed by atoms with van der Waals surface area (Å²) in [5, 5.41) is 3.45. The first-order valence-corrected chi connectivity index (χ1v) is 8.99. The van der Waals surface area contributed by atoms with Crippen LogP contribution in [0.15, 0.2) is 33.7 Å². The number of hydrogen-bond acceptors (Lipinski definition) is 3. The second-order valence-electron chi connectivity index (χ2n) is 5.93. The van der Waals surface area contributed by atoms with Gasteiger partial charge in [-0.25, -0.2) is 0 Å². The quantitative estimate of drug-likeness (QED) is 0.644. The van der Waals surface area contributed by atoms with Gasteiger partial charge in [0.15, 0.2) is 5.96 Å². The zero-order valence-electron chi connectivity index (χ0n) is 13.5. The van der Waals surface area contributed by atoms with Crippen molar-refractivity contribution in [3.05, 3.63) is 34.3 Å². The summed E-state index contributed by atoms with van der Waals surface area (Å²) < 4.78 is 12.8. The molecule has 2 aliphatic heterocycles. The van der Waals surface area contributed by atoms with E-state index in [-0.39, 0.29) is 12.2 Å². The molecule has 126 valence electrons. The number of nitrogens with zero attached hydrogens (tertiary/aromatic N) is 2. The van der Waals surface area contributed by atoms with Crippen molar-refractivity contribution in [3.8, 4) is 0 Å². The van der Waals surface area contributed by atoms with Gasteiger partial charge in [-0.15, -0.1) is 0 Å². The predicted octanol–water partition coefficient (Wildman–Crippen LogP) is 2.40. The van der Waals surface area contributed by atoms with E-state index in [1.54, 1.807) is 0 Å². The summed E-state index contributed by atoms with van der Waals surface area (Å²) in [5.41, 5.74) is 1.23. The van der Waals surface area contributed by atoms with Gasteiger partial charge in [-0.3, -0.25) is 4.99 Å². The molecule has 2 atom stereocenters. The average Bonchev–Trinajstić information content (AvgIpc) is 3.12. The lowest BCUT2D eigenvalue weighted by Crippen LogP contribution is -2.53. The van der Waals surface area contributed by atoms with Crippen molar-refractivity contribution >= 4 is 21.9 Å². The van der Waals surface area contributed by atoms with Gasteiger partial charge in [-0.1, -0.05) is 28.1 Å². The van der Waals surface area contributed by atoms with Gasteiger partial charge in [0.25, 0.3) is 0 Å². The van der Waals surface area contributed by atoms with Gasteiger partial charge in [0.2, 0.25) is 0 Å². The Labute approximate surface area is 146 Å². The Morgan fingerprint density at radius 3 is 2.74 bits per heavy atom. The highest BCUT2D eigenvalue weighted by molar-refractivity contribution is 9.10. The molecule has 0 bridgehead atoms. The standard InChI is InChI=1S/C17H24BrN3O2/c1-19-17(20-11-13-4-6-14(18)7-5-13)21-8-10-23-16(12-21)15-3-2-9-22-15/h4-7,15-16H,2-3,8-12H2,1H3,(H,19,20). The van der Waals surface area contributed by atoms with Crippen LogP contribution in [0.1, 0.15) is 18.4 Å². The van der Waals surface area contributed by atoms with E-state index in [0.29, 0.717) is 0 Å². The fourth-order valence-electron chi connectivity index (χ4n) is 3.10. The van der Waals surface area contributed by atoms with Gasteiger partial charge in [0.1, 0.15) is 6.10 Å². The topological polar surface area (TPSA) is 46.1 Å². The molecule has 0 radical (unpaired) electrons. The third-order valence-electron chi connectivity index (χ3n) is 4.35. The maximum Gasteiger partial charge on any atom is 0.194 e. The van der Waals surface area contributed by atoms with Crippen molar-refractivity contribution in [3.63, 3.8) is 0 Å². The average molecular weight is 382 g/mol. The van der Waals surface area contributed by atoms with Crippen LogP contribution in [0.25, 0.3) is 0 Å². The molecule has 0 aromatic heterocycles. The van der Waals surface area contributed by atoms with Crippen LogP contribution in [-0.4, -0.2) is 56.4 Å². The zero-order valence-corrected chi connectivity index (χ0v) is 15.1. The SMILES string of the molecule is CN=C(NCc1ccc(Br)cc1)N1CCOC(C2CCCO2)C1. The largest absolute Gasteiger partial charge is 0.375 e. The molecule has 0 spiro atoms. The highest BCUT2D eigenvalue weighted by atomic mass is 79.9. The van der Waals surface area contributed by atoms with Crippen LogP contribution in [0.5, 0.6) is 0 Å². The number of nitrogens with one attached hydrogen (secondary N) is 1. The number of hydrogen-bond donors (Lipinski definition) is 1. The Hall–Kier alpha value is -1.11. The van der Waals surface area contributed by atoms with Gasteiger partial charge in [-0.2, -0.15) is 0 Å². The van der Waals surface area contributed by atoms with E-state index in [4.69, 9.17) is 9.47 Å². The summed E-state index contributed by atoms with van der Waals surface area (Å²) in [7, 11) is 1.83. The van der Waals surface area contributed by atoms with Gasteiger partial charge in [-0.05, 0) is 30.5 Å². The van der Waals surface area contributed by atoms with Crippen LogP contribution >= 0.6 is 15.9 Å². The van der Waals surface area contributed by atoms with E-state index < -0.39 is 0 Å². The number of aliphatic imine (C=N–C) groups is 1. The minimum absolute atomic E-state index is 0.150. The van der Waals surface area contributed by atoms with E-state index in [2.05, 4.69) is 55.4 Å². The molecule has 2 heterocycles. The lowest BCUT2D eigenvalue weighted by molar-refractivity contribution is -0.0817. The highest BCUT2D eigenvalue weighted by Gasteiger charge is 2.32. The number of halogens is 1. The molecule has 2 aliphatic rings. The summed E-state index contributed by atoms with van der Waals surface area (Å²) in [6, 6.07) is 8.33. The van der Waals surface area contributed by atoms with Crippen molar-refractivity contribution in [2.45, 2.75) is 31.6 Å². The number of ether oxygens (including phenoxy) is 2. The third-order valence-corrected chi connectivity index (χ3v) is 4.88. The van der Waals surface area contributed by atoms with Crippen molar-refractivity contribution in [2.24, 2.45) is 4.99 Å². The molecule has 0 amide bonds. The summed E-state index contributed by atoms with van der Waals surface area (Å²) in [6.07, 6.45) is 2.63. The third kappa shape index (κ3) is 4.46. The fraction of sp³-hybridized carbons (Fsp3) is 0.588. The van der Waals surface area contributed by atoms with Crippen LogP contribution in [0, 0.1) is 0 Å². The molecular formula is C17H24BrN3O2. The smallest absolute Gasteiger partial charge is 0.194 e. The minimum Gasteiger partial charge on any atom is -0.375 e. The normalized spacial score (nSPS) is 25.7. The molecule has 0 aliphatic carbocycles. The van der Waals surface area contributed by atoms with Crippen LogP contribution in [0.4, 0.5) is 0 Å². The Kier molecular flexibility index (Phi) is 5.91. The van der Waals surface area contributed by atoms with Gasteiger partial charge >= 0.3 is 0 Å². The minimum atomic E-state index is 0.150. The molecule has 3 rings (SSSR count). The van der Waals surface area contributed by atoms with Crippen molar-refractivity contribution in [1.29, 1.82) is 0 Å². The molecule has 1 N–H and O–H groups in total. The summed E-state index contributed by atoms with van der Waals surface area (Å²) >= 11 is 3.46. The Bertz CT molecular complexity index is 529. The lowest BCUT2D eigenvalue weighted by atomic mass is 10.1. The molecule has 2 saturated heterocycles. The molecule has 1 aromatic rings. The van der Waals surface area contributed by atoms with E-state index >= 15 is 0 Å². The van der Waals surface area contributed by atoms with Crippen LogP contribution in [0.2, 0.25) is 0 Å². The van der Waals surface area contributed by atoms with E-state index in [1.165, 1.54) is 5.56 Å². The van der Waals surface area contributed by atoms with Crippen LogP contribution in [0.3, 0.4) is 0 Å². The maximum atomic E-state index is 5.91. The first kappa shape index (κ1) is 16.7. The van der Waals surface area contributed by atoms with Crippen molar-refractivity contribution in [1.82, 2.24) is 10.2 Å². The van der Waals surface area contributed by atoms with Crippen LogP contribution in [-0.2, 0) is 16.0 Å². The first-order valence-electron chi connectivity index (χ1n) is 8.19. The van der Waals surface area contributed by atoms with E-state index in [9.17, 15) is 0 Å². The molecule has 2 fully saturated rings. The molecule has 1 aromatic carbocycles. The monoisotopic (exact) mass is 381 g/mol. The summed E-state index contributed by atoms with van der Waals surface area (Å²) in [6.45, 7) is 4.06. The molecule has 23 heavy (non-hydrogen) atoms. The van der Waals surface area contributed by atoms with Gasteiger partial charge in [0, 0.05) is 37.8 Å². The molecule has 2 unspecified atom stereocenters. The Morgan fingerprint density at radius 1 is 1.26 bits per heavy atom. The Balaban J connectivity index is 1.55. The van der Waals surface area contributed by atoms with Crippen molar-refractivity contribution in [2.75, 3.05) is 33.4 Å². The number of guanidine groups is 1. The zero-order chi connectivity index (χ0) is 16.1. The number of benzene rings is 1. The number of morpholine rings is 1. The second-order valence-corrected chi connectivity index (χ2v) is 6.85. The van der Waals surface area contributed by atoms with Gasteiger partial charge < -0.3 is 19.7 Å². The highest BCUT2D eigenvalue weighted by Crippen LogP contribution is 2.21. The molecule has 0 saturated carbocycles. The summed E-state index contributed by atoms with van der Waals surface area (Å²) in [4.78, 5) is 6.70. The van der Waals surface area contributed by atoms with Gasteiger partial charge in [0.05, 0.1) is 12.7 Å². The summed E-state index contributed by atoms with van der Waals surface area (Å²) in [5.74, 6) is 0.930. The maximum absolute atomic E-state index is 5.91. The Morgan fingerprint density at radius 2 is 2.04 bits per heavy atom. The van der Waals surface area contributed by atoms with Crippen molar-refractivity contribution < 1.29 is 9.47 Å². The van der Waals surface area contributed by atoms with E-state index in [0.717, 1.165) is 56.1 Å². The molecular weight excluding hydrogens is 358 g/mol.